The second-order valence-electron chi connectivity index (χ2n) is 8.29. The number of carbonyl (C=O) groups is 1. The standard InChI is InChI=1S/C21H29F3N2O4/c1-13-3-4-14(10-18(13)21(22,23)24)15-9-16(19(28)30-2)12-26(11-15)20(29)25-7-5-17(27)6-8-25/h3-4,10,15-17,20,27,29H,5-9,11-12H2,1-2H3. The summed E-state index contributed by atoms with van der Waals surface area (Å²) in [5, 5.41) is 20.6. The van der Waals surface area contributed by atoms with Crippen LogP contribution >= 0.6 is 0 Å². The van der Waals surface area contributed by atoms with Crippen LogP contribution in [0.15, 0.2) is 18.2 Å². The van der Waals surface area contributed by atoms with E-state index in [2.05, 4.69) is 0 Å². The predicted octanol–water partition coefficient (Wildman–Crippen LogP) is 2.32. The van der Waals surface area contributed by atoms with Crippen molar-refractivity contribution >= 4 is 5.97 Å². The third kappa shape index (κ3) is 5.14. The molecule has 2 aliphatic heterocycles. The van der Waals surface area contributed by atoms with Gasteiger partial charge >= 0.3 is 12.1 Å². The van der Waals surface area contributed by atoms with Gasteiger partial charge in [-0.05, 0) is 49.3 Å². The normalized spacial score (nSPS) is 25.8. The molecule has 1 aromatic rings. The maximum atomic E-state index is 13.4. The minimum atomic E-state index is -4.45. The highest BCUT2D eigenvalue weighted by atomic mass is 19.4. The lowest BCUT2D eigenvalue weighted by atomic mass is 9.83. The van der Waals surface area contributed by atoms with E-state index in [4.69, 9.17) is 4.74 Å². The van der Waals surface area contributed by atoms with E-state index in [1.165, 1.54) is 20.1 Å². The predicted molar refractivity (Wildman–Crippen MR) is 103 cm³/mol. The molecule has 168 valence electrons. The van der Waals surface area contributed by atoms with Crippen molar-refractivity contribution in [3.63, 3.8) is 0 Å². The van der Waals surface area contributed by atoms with E-state index in [0.717, 1.165) is 6.07 Å². The lowest BCUT2D eigenvalue weighted by Gasteiger charge is -2.44. The second kappa shape index (κ2) is 9.21. The Bertz CT molecular complexity index is 750. The number of methoxy groups -OCH3 is 1. The van der Waals surface area contributed by atoms with Crippen molar-refractivity contribution in [2.24, 2.45) is 5.92 Å². The third-order valence-corrected chi connectivity index (χ3v) is 6.20. The van der Waals surface area contributed by atoms with Crippen LogP contribution in [0.3, 0.4) is 0 Å². The van der Waals surface area contributed by atoms with Crippen molar-refractivity contribution in [3.8, 4) is 0 Å². The first-order valence-corrected chi connectivity index (χ1v) is 10.2. The van der Waals surface area contributed by atoms with Crippen LogP contribution < -0.4 is 0 Å². The fourth-order valence-electron chi connectivity index (χ4n) is 4.45. The Balaban J connectivity index is 1.84. The Morgan fingerprint density at radius 3 is 2.47 bits per heavy atom. The summed E-state index contributed by atoms with van der Waals surface area (Å²) in [6, 6.07) is 4.27. The Labute approximate surface area is 174 Å². The van der Waals surface area contributed by atoms with Crippen LogP contribution in [0.5, 0.6) is 0 Å². The van der Waals surface area contributed by atoms with E-state index in [-0.39, 0.29) is 18.0 Å². The maximum absolute atomic E-state index is 13.4. The van der Waals surface area contributed by atoms with Crippen LogP contribution in [-0.2, 0) is 15.7 Å². The number of halogens is 3. The van der Waals surface area contributed by atoms with Crippen molar-refractivity contribution < 1.29 is 32.9 Å². The van der Waals surface area contributed by atoms with Gasteiger partial charge in [0.1, 0.15) is 0 Å². The molecule has 3 atom stereocenters. The van der Waals surface area contributed by atoms with Crippen LogP contribution in [0.2, 0.25) is 0 Å². The number of carbonyl (C=O) groups excluding carboxylic acids is 1. The number of hydrogen-bond donors (Lipinski definition) is 2. The molecule has 2 aliphatic rings. The fraction of sp³-hybridized carbons (Fsp3) is 0.667. The minimum Gasteiger partial charge on any atom is -0.469 e. The van der Waals surface area contributed by atoms with E-state index in [9.17, 15) is 28.2 Å². The van der Waals surface area contributed by atoms with Gasteiger partial charge in [-0.1, -0.05) is 12.1 Å². The topological polar surface area (TPSA) is 73.2 Å². The number of ether oxygens (including phenoxy) is 1. The monoisotopic (exact) mass is 430 g/mol. The Hall–Kier alpha value is -1.68. The molecule has 2 fully saturated rings. The summed E-state index contributed by atoms with van der Waals surface area (Å²) in [5.41, 5.74) is -0.0413. The van der Waals surface area contributed by atoms with Crippen molar-refractivity contribution in [1.29, 1.82) is 0 Å². The highest BCUT2D eigenvalue weighted by molar-refractivity contribution is 5.72. The highest BCUT2D eigenvalue weighted by Gasteiger charge is 2.39. The van der Waals surface area contributed by atoms with Crippen LogP contribution in [0, 0.1) is 12.8 Å². The SMILES string of the molecule is COC(=O)C1CC(c2ccc(C)c(C(F)(F)F)c2)CN(C(O)N2CCC(O)CC2)C1. The first kappa shape index (κ1) is 23.0. The molecule has 3 rings (SSSR count). The van der Waals surface area contributed by atoms with Gasteiger partial charge in [-0.15, -0.1) is 0 Å². The molecular formula is C21H29F3N2O4. The smallest absolute Gasteiger partial charge is 0.416 e. The number of alkyl halides is 3. The Kier molecular flexibility index (Phi) is 7.06. The highest BCUT2D eigenvalue weighted by Crippen LogP contribution is 2.37. The lowest BCUT2D eigenvalue weighted by Crippen LogP contribution is -2.56. The summed E-state index contributed by atoms with van der Waals surface area (Å²) in [7, 11) is 1.28. The van der Waals surface area contributed by atoms with Crippen LogP contribution in [0.1, 0.15) is 41.9 Å². The zero-order valence-corrected chi connectivity index (χ0v) is 17.2. The maximum Gasteiger partial charge on any atom is 0.416 e. The van der Waals surface area contributed by atoms with Crippen LogP contribution in [-0.4, -0.2) is 71.7 Å². The fourth-order valence-corrected chi connectivity index (χ4v) is 4.45. The zero-order valence-electron chi connectivity index (χ0n) is 17.2. The first-order chi connectivity index (χ1) is 14.1. The molecule has 9 heteroatoms. The van der Waals surface area contributed by atoms with Gasteiger partial charge in [-0.3, -0.25) is 14.6 Å². The molecule has 2 N–H and O–H groups in total. The molecule has 1 aromatic carbocycles. The molecule has 0 amide bonds. The molecule has 2 saturated heterocycles. The lowest BCUT2D eigenvalue weighted by molar-refractivity contribution is -0.160. The summed E-state index contributed by atoms with van der Waals surface area (Å²) >= 11 is 0. The summed E-state index contributed by atoms with van der Waals surface area (Å²) in [6.45, 7) is 3.03. The average Bonchev–Trinajstić information content (AvgIpc) is 2.72. The summed E-state index contributed by atoms with van der Waals surface area (Å²) in [6.07, 6.45) is -4.37. The molecule has 3 unspecified atom stereocenters. The first-order valence-electron chi connectivity index (χ1n) is 10.2. The van der Waals surface area contributed by atoms with Crippen LogP contribution in [0.4, 0.5) is 13.2 Å². The van der Waals surface area contributed by atoms with Gasteiger partial charge in [0.2, 0.25) is 0 Å². The number of aliphatic hydroxyl groups excluding tert-OH is 2. The number of likely N-dealkylation sites (tertiary alicyclic amines) is 2. The molecule has 0 spiro atoms. The molecule has 0 saturated carbocycles. The van der Waals surface area contributed by atoms with E-state index >= 15 is 0 Å². The van der Waals surface area contributed by atoms with Gasteiger partial charge < -0.3 is 14.9 Å². The van der Waals surface area contributed by atoms with Crippen molar-refractivity contribution in [3.05, 3.63) is 34.9 Å². The quantitative estimate of drug-likeness (QED) is 0.715. The number of rotatable bonds is 4. The van der Waals surface area contributed by atoms with Crippen molar-refractivity contribution in [2.75, 3.05) is 33.3 Å². The summed E-state index contributed by atoms with van der Waals surface area (Å²) < 4.78 is 45.0. The molecule has 0 aromatic heterocycles. The second-order valence-corrected chi connectivity index (χ2v) is 8.29. The number of piperidine rings is 2. The molecule has 0 bridgehead atoms. The average molecular weight is 430 g/mol. The number of nitrogens with zero attached hydrogens (tertiary/aromatic N) is 2. The van der Waals surface area contributed by atoms with Crippen LogP contribution in [0.25, 0.3) is 0 Å². The van der Waals surface area contributed by atoms with E-state index < -0.39 is 36.1 Å². The number of aliphatic hydroxyl groups is 2. The van der Waals surface area contributed by atoms with Crippen molar-refractivity contribution in [2.45, 2.75) is 50.7 Å². The minimum absolute atomic E-state index is 0.148. The van der Waals surface area contributed by atoms with Gasteiger partial charge in [0, 0.05) is 26.2 Å². The Morgan fingerprint density at radius 1 is 1.20 bits per heavy atom. The summed E-state index contributed by atoms with van der Waals surface area (Å²) in [5.74, 6) is -1.34. The molecule has 0 aliphatic carbocycles. The number of esters is 1. The van der Waals surface area contributed by atoms with Gasteiger partial charge in [0.05, 0.1) is 24.7 Å². The Morgan fingerprint density at radius 2 is 1.87 bits per heavy atom. The van der Waals surface area contributed by atoms with Gasteiger partial charge in [0.15, 0.2) is 6.35 Å². The molecule has 0 radical (unpaired) electrons. The zero-order chi connectivity index (χ0) is 22.1. The molecule has 6 nitrogen and oxygen atoms in total. The van der Waals surface area contributed by atoms with Gasteiger partial charge in [-0.25, -0.2) is 0 Å². The molecular weight excluding hydrogens is 401 g/mol. The van der Waals surface area contributed by atoms with E-state index in [0.29, 0.717) is 44.5 Å². The molecule has 30 heavy (non-hydrogen) atoms. The van der Waals surface area contributed by atoms with Gasteiger partial charge in [0.25, 0.3) is 0 Å². The van der Waals surface area contributed by atoms with Crippen molar-refractivity contribution in [1.82, 2.24) is 9.80 Å². The molecule has 2 heterocycles. The van der Waals surface area contributed by atoms with E-state index in [1.54, 1.807) is 11.0 Å². The van der Waals surface area contributed by atoms with Gasteiger partial charge in [-0.2, -0.15) is 13.2 Å². The largest absolute Gasteiger partial charge is 0.469 e. The number of aryl methyl sites for hydroxylation is 1. The number of hydrogen-bond acceptors (Lipinski definition) is 6. The summed E-state index contributed by atoms with van der Waals surface area (Å²) in [4.78, 5) is 15.8. The third-order valence-electron chi connectivity index (χ3n) is 6.20. The number of benzene rings is 1. The van der Waals surface area contributed by atoms with E-state index in [1.807, 2.05) is 4.90 Å².